The quantitative estimate of drug-likeness (QED) is 0.877. The predicted molar refractivity (Wildman–Crippen MR) is 66.4 cm³/mol. The largest absolute Gasteiger partial charge is 0.381 e. The van der Waals surface area contributed by atoms with Crippen LogP contribution >= 0.6 is 0 Å². The molecule has 1 aromatic heterocycles. The zero-order chi connectivity index (χ0) is 12.4. The third-order valence-electron chi connectivity index (χ3n) is 4.19. The van der Waals surface area contributed by atoms with Crippen LogP contribution in [0.4, 0.5) is 0 Å². The van der Waals surface area contributed by atoms with E-state index in [2.05, 4.69) is 22.4 Å². The van der Waals surface area contributed by atoms with Gasteiger partial charge in [-0.25, -0.2) is 0 Å². The van der Waals surface area contributed by atoms with Crippen molar-refractivity contribution in [3.05, 3.63) is 11.7 Å². The van der Waals surface area contributed by atoms with Crippen molar-refractivity contribution in [1.82, 2.24) is 15.5 Å². The van der Waals surface area contributed by atoms with E-state index in [9.17, 15) is 0 Å². The number of nitrogens with one attached hydrogen (secondary N) is 1. The molecule has 5 nitrogen and oxygen atoms in total. The molecule has 0 spiro atoms. The fourth-order valence-electron chi connectivity index (χ4n) is 2.78. The van der Waals surface area contributed by atoms with E-state index in [1.165, 1.54) is 0 Å². The Kier molecular flexibility index (Phi) is 3.35. The molecule has 0 aromatic carbocycles. The first kappa shape index (κ1) is 12.1. The number of hydrogen-bond donors (Lipinski definition) is 1. The van der Waals surface area contributed by atoms with Crippen LogP contribution in [0, 0.1) is 5.92 Å². The molecule has 2 saturated heterocycles. The molecule has 2 aliphatic rings. The summed E-state index contributed by atoms with van der Waals surface area (Å²) >= 11 is 0. The van der Waals surface area contributed by atoms with Crippen LogP contribution in [0.2, 0.25) is 0 Å². The van der Waals surface area contributed by atoms with Crippen LogP contribution in [-0.4, -0.2) is 36.4 Å². The van der Waals surface area contributed by atoms with E-state index in [1.54, 1.807) is 0 Å². The zero-order valence-electron chi connectivity index (χ0n) is 10.9. The lowest BCUT2D eigenvalue weighted by Crippen LogP contribution is -2.37. The third-order valence-corrected chi connectivity index (χ3v) is 4.19. The number of aromatic nitrogens is 2. The van der Waals surface area contributed by atoms with E-state index in [0.717, 1.165) is 63.7 Å². The lowest BCUT2D eigenvalue weighted by atomic mass is 9.81. The standard InChI is InChI=1S/C13H21N3O2/c1-13(3-5-14-6-4-13)12-15-11(16-18-12)8-10-2-7-17-9-10/h10,14H,2-9H2,1H3. The van der Waals surface area contributed by atoms with Gasteiger partial charge in [0.15, 0.2) is 5.82 Å². The summed E-state index contributed by atoms with van der Waals surface area (Å²) in [6, 6.07) is 0. The second-order valence-electron chi connectivity index (χ2n) is 5.76. The van der Waals surface area contributed by atoms with Crippen LogP contribution in [-0.2, 0) is 16.6 Å². The van der Waals surface area contributed by atoms with Gasteiger partial charge in [0.2, 0.25) is 5.89 Å². The van der Waals surface area contributed by atoms with Crippen LogP contribution in [0.5, 0.6) is 0 Å². The lowest BCUT2D eigenvalue weighted by molar-refractivity contribution is 0.185. The highest BCUT2D eigenvalue weighted by atomic mass is 16.5. The van der Waals surface area contributed by atoms with Crippen molar-refractivity contribution in [2.75, 3.05) is 26.3 Å². The van der Waals surface area contributed by atoms with Gasteiger partial charge in [0, 0.05) is 25.0 Å². The molecule has 2 fully saturated rings. The van der Waals surface area contributed by atoms with Crippen molar-refractivity contribution in [1.29, 1.82) is 0 Å². The molecular weight excluding hydrogens is 230 g/mol. The first-order chi connectivity index (χ1) is 8.76. The minimum atomic E-state index is 0.0582. The molecule has 2 aliphatic heterocycles. The van der Waals surface area contributed by atoms with Gasteiger partial charge in [0.1, 0.15) is 0 Å². The van der Waals surface area contributed by atoms with E-state index in [-0.39, 0.29) is 5.41 Å². The lowest BCUT2D eigenvalue weighted by Gasteiger charge is -2.30. The number of nitrogens with zero attached hydrogens (tertiary/aromatic N) is 2. The van der Waals surface area contributed by atoms with Crippen LogP contribution in [0.15, 0.2) is 4.52 Å². The summed E-state index contributed by atoms with van der Waals surface area (Å²) < 4.78 is 10.9. The van der Waals surface area contributed by atoms with Gasteiger partial charge in [0.25, 0.3) is 0 Å². The number of piperidine rings is 1. The first-order valence-electron chi connectivity index (χ1n) is 6.88. The Labute approximate surface area is 107 Å². The van der Waals surface area contributed by atoms with Crippen molar-refractivity contribution in [2.45, 2.75) is 38.0 Å². The van der Waals surface area contributed by atoms with Crippen molar-refractivity contribution < 1.29 is 9.26 Å². The maximum absolute atomic E-state index is 5.49. The smallest absolute Gasteiger partial charge is 0.232 e. The third kappa shape index (κ3) is 2.42. The highest BCUT2D eigenvalue weighted by Crippen LogP contribution is 2.31. The van der Waals surface area contributed by atoms with Gasteiger partial charge in [0.05, 0.1) is 0 Å². The number of hydrogen-bond acceptors (Lipinski definition) is 5. The van der Waals surface area contributed by atoms with Crippen LogP contribution in [0.1, 0.15) is 37.9 Å². The highest BCUT2D eigenvalue weighted by Gasteiger charge is 2.34. The fourth-order valence-corrected chi connectivity index (χ4v) is 2.78. The molecule has 1 N–H and O–H groups in total. The maximum Gasteiger partial charge on any atom is 0.232 e. The highest BCUT2D eigenvalue weighted by molar-refractivity contribution is 5.05. The molecule has 0 bridgehead atoms. The Balaban J connectivity index is 1.68. The summed E-state index contributed by atoms with van der Waals surface area (Å²) in [5.74, 6) is 2.23. The summed E-state index contributed by atoms with van der Waals surface area (Å²) in [4.78, 5) is 4.61. The SMILES string of the molecule is CC1(c2nc(CC3CCOC3)no2)CCNCC1. The van der Waals surface area contributed by atoms with Crippen LogP contribution in [0.25, 0.3) is 0 Å². The minimum Gasteiger partial charge on any atom is -0.381 e. The van der Waals surface area contributed by atoms with Crippen LogP contribution < -0.4 is 5.32 Å². The molecule has 18 heavy (non-hydrogen) atoms. The van der Waals surface area contributed by atoms with Gasteiger partial charge in [-0.15, -0.1) is 0 Å². The normalized spacial score (nSPS) is 27.5. The Hall–Kier alpha value is -0.940. The van der Waals surface area contributed by atoms with Gasteiger partial charge in [-0.05, 0) is 38.3 Å². The van der Waals surface area contributed by atoms with Crippen molar-refractivity contribution >= 4 is 0 Å². The van der Waals surface area contributed by atoms with Crippen molar-refractivity contribution in [3.63, 3.8) is 0 Å². The molecule has 0 amide bonds. The number of rotatable bonds is 3. The summed E-state index contributed by atoms with van der Waals surface area (Å²) in [5.41, 5.74) is 0.0582. The van der Waals surface area contributed by atoms with Gasteiger partial charge in [-0.3, -0.25) is 0 Å². The summed E-state index contributed by atoms with van der Waals surface area (Å²) in [6.45, 7) is 6.00. The molecule has 1 atom stereocenters. The second kappa shape index (κ2) is 4.97. The van der Waals surface area contributed by atoms with Crippen molar-refractivity contribution in [2.24, 2.45) is 5.92 Å². The number of ether oxygens (including phenoxy) is 1. The molecule has 5 heteroatoms. The Morgan fingerprint density at radius 3 is 2.94 bits per heavy atom. The summed E-state index contributed by atoms with van der Waals surface area (Å²) in [7, 11) is 0. The van der Waals surface area contributed by atoms with E-state index in [4.69, 9.17) is 9.26 Å². The molecule has 0 aliphatic carbocycles. The Bertz CT molecular complexity index is 393. The van der Waals surface area contributed by atoms with E-state index in [1.807, 2.05) is 0 Å². The average Bonchev–Trinajstić information content (AvgIpc) is 3.02. The van der Waals surface area contributed by atoms with Gasteiger partial charge < -0.3 is 14.6 Å². The molecule has 3 rings (SSSR count). The first-order valence-corrected chi connectivity index (χ1v) is 6.88. The molecule has 1 unspecified atom stereocenters. The molecular formula is C13H21N3O2. The maximum atomic E-state index is 5.49. The van der Waals surface area contributed by atoms with Crippen LogP contribution in [0.3, 0.4) is 0 Å². The fraction of sp³-hybridized carbons (Fsp3) is 0.846. The Morgan fingerprint density at radius 1 is 1.39 bits per heavy atom. The summed E-state index contributed by atoms with van der Waals surface area (Å²) in [6.07, 6.45) is 4.14. The molecule has 1 aromatic rings. The molecule has 3 heterocycles. The Morgan fingerprint density at radius 2 is 2.22 bits per heavy atom. The zero-order valence-corrected chi connectivity index (χ0v) is 10.9. The topological polar surface area (TPSA) is 60.2 Å². The predicted octanol–water partition coefficient (Wildman–Crippen LogP) is 1.29. The molecule has 0 radical (unpaired) electrons. The second-order valence-corrected chi connectivity index (χ2v) is 5.76. The monoisotopic (exact) mass is 251 g/mol. The van der Waals surface area contributed by atoms with E-state index >= 15 is 0 Å². The van der Waals surface area contributed by atoms with Gasteiger partial charge in [-0.2, -0.15) is 4.98 Å². The van der Waals surface area contributed by atoms with E-state index in [0.29, 0.717) is 5.92 Å². The molecule has 0 saturated carbocycles. The summed E-state index contributed by atoms with van der Waals surface area (Å²) in [5, 5.41) is 7.51. The average molecular weight is 251 g/mol. The van der Waals surface area contributed by atoms with Crippen molar-refractivity contribution in [3.8, 4) is 0 Å². The van der Waals surface area contributed by atoms with Gasteiger partial charge in [-0.1, -0.05) is 12.1 Å². The minimum absolute atomic E-state index is 0.0582. The van der Waals surface area contributed by atoms with E-state index < -0.39 is 0 Å². The molecule has 100 valence electrons. The van der Waals surface area contributed by atoms with Gasteiger partial charge >= 0.3 is 0 Å².